The Morgan fingerprint density at radius 2 is 1.86 bits per heavy atom. The molecule has 152 valence electrons. The first-order valence-electron chi connectivity index (χ1n) is 10.2. The molecule has 1 saturated carbocycles. The number of nitrogens with zero attached hydrogens (tertiary/aromatic N) is 5. The zero-order valence-electron chi connectivity index (χ0n) is 16.9. The van der Waals surface area contributed by atoms with Crippen molar-refractivity contribution < 1.29 is 9.18 Å². The molecule has 0 bridgehead atoms. The maximum atomic E-state index is 14.2. The summed E-state index contributed by atoms with van der Waals surface area (Å²) in [6, 6.07) is 10.6. The number of amides is 1. The highest BCUT2D eigenvalue weighted by Crippen LogP contribution is 2.41. The first kappa shape index (κ1) is 20.7. The van der Waals surface area contributed by atoms with E-state index in [0.717, 1.165) is 24.0 Å². The van der Waals surface area contributed by atoms with Crippen LogP contribution in [0.4, 0.5) is 10.2 Å². The summed E-state index contributed by atoms with van der Waals surface area (Å²) in [5, 5.41) is 16.7. The van der Waals surface area contributed by atoms with Crippen molar-refractivity contribution in [2.45, 2.75) is 39.0 Å². The van der Waals surface area contributed by atoms with Crippen molar-refractivity contribution in [3.8, 4) is 6.07 Å². The van der Waals surface area contributed by atoms with Crippen molar-refractivity contribution in [1.29, 1.82) is 5.26 Å². The minimum atomic E-state index is -0.188. The average molecular weight is 395 g/mol. The number of carbonyl (C=O) groups is 1. The highest BCUT2D eigenvalue weighted by molar-refractivity contribution is 5.79. The summed E-state index contributed by atoms with van der Waals surface area (Å²) in [7, 11) is 0. The molecule has 1 aromatic heterocycles. The number of piperazine rings is 1. The number of halogens is 1. The Kier molecular flexibility index (Phi) is 6.76. The van der Waals surface area contributed by atoms with Crippen LogP contribution in [0.25, 0.3) is 0 Å². The van der Waals surface area contributed by atoms with Crippen molar-refractivity contribution >= 4 is 11.7 Å². The topological polar surface area (TPSA) is 73.1 Å². The van der Waals surface area contributed by atoms with Crippen molar-refractivity contribution in [2.75, 3.05) is 31.1 Å². The molecule has 0 radical (unpaired) electrons. The summed E-state index contributed by atoms with van der Waals surface area (Å²) < 4.78 is 14.2. The van der Waals surface area contributed by atoms with Gasteiger partial charge in [0.1, 0.15) is 11.9 Å². The second kappa shape index (κ2) is 9.46. The third-order valence-corrected chi connectivity index (χ3v) is 5.16. The predicted octanol–water partition coefficient (Wildman–Crippen LogP) is 3.28. The molecule has 2 aliphatic rings. The van der Waals surface area contributed by atoms with Gasteiger partial charge < -0.3 is 9.80 Å². The Labute approximate surface area is 171 Å². The molecule has 1 saturated heterocycles. The normalized spacial score (nSPS) is 15.9. The fourth-order valence-corrected chi connectivity index (χ4v) is 3.43. The van der Waals surface area contributed by atoms with Gasteiger partial charge >= 0.3 is 0 Å². The second-order valence-corrected chi connectivity index (χ2v) is 7.06. The number of hydrogen-bond acceptors (Lipinski definition) is 5. The van der Waals surface area contributed by atoms with Crippen LogP contribution in [0, 0.1) is 17.1 Å². The van der Waals surface area contributed by atoms with E-state index in [1.807, 2.05) is 36.9 Å². The van der Waals surface area contributed by atoms with E-state index in [1.165, 1.54) is 6.07 Å². The lowest BCUT2D eigenvalue weighted by Crippen LogP contribution is -2.49. The smallest absolute Gasteiger partial charge is 0.227 e. The molecule has 1 aliphatic heterocycles. The number of anilines is 1. The summed E-state index contributed by atoms with van der Waals surface area (Å²) in [4.78, 5) is 16.4. The van der Waals surface area contributed by atoms with Crippen LogP contribution in [-0.2, 0) is 11.2 Å². The van der Waals surface area contributed by atoms with Gasteiger partial charge in [-0.05, 0) is 48.1 Å². The van der Waals surface area contributed by atoms with Crippen LogP contribution in [0.3, 0.4) is 0 Å². The molecule has 0 spiro atoms. The van der Waals surface area contributed by atoms with Crippen LogP contribution < -0.4 is 4.90 Å². The van der Waals surface area contributed by atoms with Gasteiger partial charge in [-0.2, -0.15) is 5.26 Å². The molecule has 29 heavy (non-hydrogen) atoms. The second-order valence-electron chi connectivity index (χ2n) is 7.06. The maximum Gasteiger partial charge on any atom is 0.227 e. The van der Waals surface area contributed by atoms with Gasteiger partial charge in [-0.15, -0.1) is 10.2 Å². The van der Waals surface area contributed by atoms with E-state index in [-0.39, 0.29) is 23.8 Å². The molecular weight excluding hydrogens is 369 g/mol. The van der Waals surface area contributed by atoms with Crippen LogP contribution in [0.5, 0.6) is 0 Å². The van der Waals surface area contributed by atoms with Gasteiger partial charge in [0, 0.05) is 26.2 Å². The summed E-state index contributed by atoms with van der Waals surface area (Å²) >= 11 is 0. The minimum absolute atomic E-state index is 0.0131. The summed E-state index contributed by atoms with van der Waals surface area (Å²) in [6.45, 7) is 6.48. The molecule has 2 aromatic rings. The van der Waals surface area contributed by atoms with Crippen LogP contribution >= 0.6 is 0 Å². The summed E-state index contributed by atoms with van der Waals surface area (Å²) in [6.07, 6.45) is 2.34. The van der Waals surface area contributed by atoms with Crippen LogP contribution in [-0.4, -0.2) is 47.2 Å². The molecule has 0 N–H and O–H groups in total. The number of nitriles is 1. The predicted molar refractivity (Wildman–Crippen MR) is 109 cm³/mol. The SMILES string of the molecule is CC.N#Cc1ccc(N2CCN(C(=O)Cc3ccc(C4CC4)c(F)c3)CC2)nn1. The number of hydrogen-bond donors (Lipinski definition) is 0. The number of aromatic nitrogens is 2. The Hall–Kier alpha value is -3.01. The molecule has 6 nitrogen and oxygen atoms in total. The van der Waals surface area contributed by atoms with Gasteiger partial charge in [0.05, 0.1) is 6.42 Å². The molecule has 7 heteroatoms. The average Bonchev–Trinajstić information content (AvgIpc) is 3.61. The third-order valence-electron chi connectivity index (χ3n) is 5.16. The lowest BCUT2D eigenvalue weighted by atomic mass is 10.0. The van der Waals surface area contributed by atoms with E-state index < -0.39 is 0 Å². The molecule has 1 aliphatic carbocycles. The first-order valence-corrected chi connectivity index (χ1v) is 10.2. The van der Waals surface area contributed by atoms with Gasteiger partial charge in [0.15, 0.2) is 11.5 Å². The Balaban J connectivity index is 0.00000117. The Bertz CT molecular complexity index is 881. The van der Waals surface area contributed by atoms with Gasteiger partial charge in [-0.3, -0.25) is 4.79 Å². The molecule has 1 amide bonds. The molecule has 4 rings (SSSR count). The number of benzene rings is 1. The van der Waals surface area contributed by atoms with E-state index in [0.29, 0.717) is 37.9 Å². The highest BCUT2D eigenvalue weighted by Gasteiger charge is 2.27. The van der Waals surface area contributed by atoms with E-state index in [4.69, 9.17) is 5.26 Å². The fourth-order valence-electron chi connectivity index (χ4n) is 3.43. The van der Waals surface area contributed by atoms with Crippen molar-refractivity contribution in [3.63, 3.8) is 0 Å². The van der Waals surface area contributed by atoms with Crippen molar-refractivity contribution in [1.82, 2.24) is 15.1 Å². The molecule has 2 heterocycles. The standard InChI is InChI=1S/C20H20FN5O.C2H6/c21-18-11-14(1-5-17(18)15-2-3-15)12-20(27)26-9-7-25(8-10-26)19-6-4-16(13-22)23-24-19;1-2/h1,4-6,11,15H,2-3,7-10,12H2;1-2H3. The first-order chi connectivity index (χ1) is 14.1. The molecule has 2 fully saturated rings. The van der Waals surface area contributed by atoms with Gasteiger partial charge in [0.2, 0.25) is 5.91 Å². The van der Waals surface area contributed by atoms with Crippen LogP contribution in [0.1, 0.15) is 49.4 Å². The zero-order chi connectivity index (χ0) is 20.8. The molecule has 1 aromatic carbocycles. The van der Waals surface area contributed by atoms with Gasteiger partial charge in [-0.25, -0.2) is 4.39 Å². The summed E-state index contributed by atoms with van der Waals surface area (Å²) in [5.41, 5.74) is 1.79. The number of rotatable bonds is 4. The van der Waals surface area contributed by atoms with Gasteiger partial charge in [-0.1, -0.05) is 26.0 Å². The van der Waals surface area contributed by atoms with E-state index in [1.54, 1.807) is 17.0 Å². The quantitative estimate of drug-likeness (QED) is 0.794. The fraction of sp³-hybridized carbons (Fsp3) is 0.455. The molecule has 0 unspecified atom stereocenters. The van der Waals surface area contributed by atoms with Crippen molar-refractivity contribution in [3.05, 3.63) is 53.0 Å². The van der Waals surface area contributed by atoms with Gasteiger partial charge in [0.25, 0.3) is 0 Å². The van der Waals surface area contributed by atoms with Crippen LogP contribution in [0.15, 0.2) is 30.3 Å². The van der Waals surface area contributed by atoms with E-state index in [9.17, 15) is 9.18 Å². The number of carbonyl (C=O) groups excluding carboxylic acids is 1. The zero-order valence-corrected chi connectivity index (χ0v) is 16.9. The Morgan fingerprint density at radius 1 is 1.14 bits per heavy atom. The van der Waals surface area contributed by atoms with Crippen LogP contribution in [0.2, 0.25) is 0 Å². The van der Waals surface area contributed by atoms with E-state index >= 15 is 0 Å². The van der Waals surface area contributed by atoms with Crippen molar-refractivity contribution in [2.24, 2.45) is 0 Å². The lowest BCUT2D eigenvalue weighted by molar-refractivity contribution is -0.130. The highest BCUT2D eigenvalue weighted by atomic mass is 19.1. The van der Waals surface area contributed by atoms with E-state index in [2.05, 4.69) is 10.2 Å². The molecular formula is C22H26FN5O. The maximum absolute atomic E-state index is 14.2. The lowest BCUT2D eigenvalue weighted by Gasteiger charge is -2.35. The largest absolute Gasteiger partial charge is 0.352 e. The molecule has 0 atom stereocenters. The third kappa shape index (κ3) is 5.08. The minimum Gasteiger partial charge on any atom is -0.352 e. The Morgan fingerprint density at radius 3 is 2.41 bits per heavy atom. The monoisotopic (exact) mass is 395 g/mol. The summed E-state index contributed by atoms with van der Waals surface area (Å²) in [5.74, 6) is 0.901.